The van der Waals surface area contributed by atoms with Crippen LogP contribution in [0, 0.1) is 13.8 Å². The van der Waals surface area contributed by atoms with E-state index in [-0.39, 0.29) is 5.54 Å². The van der Waals surface area contributed by atoms with Gasteiger partial charge in [-0.2, -0.15) is 0 Å². The molecule has 1 aliphatic heterocycles. The summed E-state index contributed by atoms with van der Waals surface area (Å²) in [6, 6.07) is 13.3. The van der Waals surface area contributed by atoms with Crippen LogP contribution in [0.4, 0.5) is 0 Å². The minimum atomic E-state index is 0.00476. The first-order valence-electron chi connectivity index (χ1n) is 7.55. The zero-order valence-corrected chi connectivity index (χ0v) is 13.4. The fourth-order valence-electron chi connectivity index (χ4n) is 3.98. The van der Waals surface area contributed by atoms with E-state index >= 15 is 0 Å². The van der Waals surface area contributed by atoms with Gasteiger partial charge in [-0.1, -0.05) is 36.4 Å². The topological polar surface area (TPSA) is 8.81 Å². The molecule has 0 atom stereocenters. The van der Waals surface area contributed by atoms with Crippen LogP contribution in [0.2, 0.25) is 0 Å². The first-order chi connectivity index (χ1) is 9.94. The molecule has 0 aliphatic carbocycles. The highest BCUT2D eigenvalue weighted by Crippen LogP contribution is 2.46. The molecule has 2 nitrogen and oxygen atoms in total. The lowest BCUT2D eigenvalue weighted by Gasteiger charge is -2.19. The summed E-state index contributed by atoms with van der Waals surface area (Å²) in [5.41, 5.74) is 5.53. The Morgan fingerprint density at radius 3 is 2.48 bits per heavy atom. The first-order valence-corrected chi connectivity index (χ1v) is 7.55. The minimum Gasteiger partial charge on any atom is -0.230 e. The number of rotatable bonds is 0. The summed E-state index contributed by atoms with van der Waals surface area (Å²) < 4.78 is 4.84. The molecule has 2 heterocycles. The third kappa shape index (κ3) is 1.35. The molecule has 1 aliphatic rings. The van der Waals surface area contributed by atoms with E-state index in [2.05, 4.69) is 80.3 Å². The maximum absolute atomic E-state index is 2.50. The highest BCUT2D eigenvalue weighted by atomic mass is 15.2. The van der Waals surface area contributed by atoms with Crippen molar-refractivity contribution in [3.05, 3.63) is 53.3 Å². The molecule has 0 fully saturated rings. The van der Waals surface area contributed by atoms with Crippen LogP contribution >= 0.6 is 0 Å². The number of hydrogen-bond donors (Lipinski definition) is 0. The van der Waals surface area contributed by atoms with Crippen LogP contribution in [0.15, 0.2) is 36.4 Å². The van der Waals surface area contributed by atoms with Crippen LogP contribution in [0.3, 0.4) is 0 Å². The average Bonchev–Trinajstić information content (AvgIpc) is 2.85. The average molecular weight is 277 g/mol. The smallest absolute Gasteiger partial charge is 0.230 e. The highest BCUT2D eigenvalue weighted by molar-refractivity contribution is 5.98. The molecule has 0 saturated carbocycles. The summed E-state index contributed by atoms with van der Waals surface area (Å²) in [4.78, 5) is 0. The fourth-order valence-corrected chi connectivity index (χ4v) is 3.98. The van der Waals surface area contributed by atoms with E-state index in [1.807, 2.05) is 0 Å². The van der Waals surface area contributed by atoms with E-state index in [0.717, 1.165) is 0 Å². The molecular formula is C19H21N2+. The van der Waals surface area contributed by atoms with Gasteiger partial charge in [0.15, 0.2) is 0 Å². The van der Waals surface area contributed by atoms with Crippen molar-refractivity contribution in [1.29, 1.82) is 0 Å². The molecule has 0 N–H and O–H groups in total. The highest BCUT2D eigenvalue weighted by Gasteiger charge is 2.46. The van der Waals surface area contributed by atoms with Gasteiger partial charge in [-0.25, -0.2) is 9.13 Å². The van der Waals surface area contributed by atoms with Gasteiger partial charge in [0, 0.05) is 19.4 Å². The number of aromatic nitrogens is 2. The quantitative estimate of drug-likeness (QED) is 0.552. The lowest BCUT2D eigenvalue weighted by atomic mass is 9.90. The van der Waals surface area contributed by atoms with E-state index < -0.39 is 0 Å². The van der Waals surface area contributed by atoms with Crippen LogP contribution in [-0.2, 0) is 12.6 Å². The summed E-state index contributed by atoms with van der Waals surface area (Å²) in [6.07, 6.45) is 0. The second-order valence-electron chi connectivity index (χ2n) is 6.66. The zero-order valence-electron chi connectivity index (χ0n) is 13.4. The van der Waals surface area contributed by atoms with Crippen LogP contribution in [0.5, 0.6) is 0 Å². The summed E-state index contributed by atoms with van der Waals surface area (Å²) in [7, 11) is 2.18. The van der Waals surface area contributed by atoms with Crippen LogP contribution < -0.4 is 4.57 Å². The first kappa shape index (κ1) is 12.6. The standard InChI is InChI=1S/C19H21N2/c1-12-13(2)21-18(20(12)5)17-15-9-7-6-8-14(15)10-11-16(17)19(21,3)4/h6-11H,1-5H3/q+1. The molecule has 0 bridgehead atoms. The lowest BCUT2D eigenvalue weighted by molar-refractivity contribution is -0.665. The third-order valence-electron chi connectivity index (χ3n) is 5.26. The molecule has 1 aromatic heterocycles. The van der Waals surface area contributed by atoms with Crippen molar-refractivity contribution in [1.82, 2.24) is 4.57 Å². The van der Waals surface area contributed by atoms with Crippen molar-refractivity contribution >= 4 is 10.8 Å². The van der Waals surface area contributed by atoms with Gasteiger partial charge in [0.1, 0.15) is 16.9 Å². The summed E-state index contributed by atoms with van der Waals surface area (Å²) >= 11 is 0. The van der Waals surface area contributed by atoms with Crippen LogP contribution in [0.25, 0.3) is 22.2 Å². The minimum absolute atomic E-state index is 0.00476. The molecule has 106 valence electrons. The maximum atomic E-state index is 2.50. The van der Waals surface area contributed by atoms with E-state index in [1.54, 1.807) is 0 Å². The summed E-state index contributed by atoms with van der Waals surface area (Å²) in [5.74, 6) is 1.34. The number of fused-ring (bicyclic) bond motifs is 5. The molecular weight excluding hydrogens is 256 g/mol. The molecule has 3 aromatic rings. The van der Waals surface area contributed by atoms with Crippen molar-refractivity contribution < 1.29 is 4.57 Å². The summed E-state index contributed by atoms with van der Waals surface area (Å²) in [5, 5.41) is 2.67. The zero-order chi connectivity index (χ0) is 14.9. The fraction of sp³-hybridized carbons (Fsp3) is 0.316. The molecule has 0 amide bonds. The van der Waals surface area contributed by atoms with Gasteiger partial charge in [0.25, 0.3) is 5.82 Å². The second kappa shape index (κ2) is 3.76. The number of benzene rings is 2. The van der Waals surface area contributed by atoms with Crippen molar-refractivity contribution in [3.8, 4) is 11.4 Å². The third-order valence-corrected chi connectivity index (χ3v) is 5.26. The number of hydrogen-bond acceptors (Lipinski definition) is 0. The molecule has 0 spiro atoms. The Hall–Kier alpha value is -2.09. The second-order valence-corrected chi connectivity index (χ2v) is 6.66. The van der Waals surface area contributed by atoms with Gasteiger partial charge >= 0.3 is 0 Å². The van der Waals surface area contributed by atoms with Gasteiger partial charge in [-0.3, -0.25) is 0 Å². The predicted octanol–water partition coefficient (Wildman–Crippen LogP) is 3.85. The molecule has 2 heteroatoms. The Labute approximate surface area is 125 Å². The Kier molecular flexibility index (Phi) is 2.26. The number of nitrogens with zero attached hydrogens (tertiary/aromatic N) is 2. The van der Waals surface area contributed by atoms with Crippen molar-refractivity contribution in [2.24, 2.45) is 7.05 Å². The Bertz CT molecular complexity index is 898. The number of imidazole rings is 1. The van der Waals surface area contributed by atoms with E-state index in [9.17, 15) is 0 Å². The van der Waals surface area contributed by atoms with Gasteiger partial charge in [-0.15, -0.1) is 0 Å². The molecule has 0 radical (unpaired) electrons. The Morgan fingerprint density at radius 1 is 1.00 bits per heavy atom. The molecule has 0 unspecified atom stereocenters. The Morgan fingerprint density at radius 2 is 1.71 bits per heavy atom. The SMILES string of the molecule is Cc1c(C)[n+](C)c2n1C(C)(C)c1ccc3ccccc3c1-2. The predicted molar refractivity (Wildman–Crippen MR) is 86.4 cm³/mol. The van der Waals surface area contributed by atoms with Gasteiger partial charge in [0.2, 0.25) is 0 Å². The summed E-state index contributed by atoms with van der Waals surface area (Å²) in [6.45, 7) is 9.09. The largest absolute Gasteiger partial charge is 0.290 e. The van der Waals surface area contributed by atoms with Gasteiger partial charge in [-0.05, 0) is 24.6 Å². The van der Waals surface area contributed by atoms with Gasteiger partial charge in [0.05, 0.1) is 12.6 Å². The normalized spacial score (nSPS) is 15.3. The van der Waals surface area contributed by atoms with Crippen LogP contribution in [0.1, 0.15) is 30.8 Å². The maximum Gasteiger partial charge on any atom is 0.290 e. The van der Waals surface area contributed by atoms with Crippen LogP contribution in [-0.4, -0.2) is 4.57 Å². The monoisotopic (exact) mass is 277 g/mol. The van der Waals surface area contributed by atoms with Crippen molar-refractivity contribution in [3.63, 3.8) is 0 Å². The lowest BCUT2D eigenvalue weighted by Crippen LogP contribution is -2.32. The van der Waals surface area contributed by atoms with E-state index in [1.165, 1.54) is 39.1 Å². The van der Waals surface area contributed by atoms with E-state index in [4.69, 9.17) is 0 Å². The molecule has 21 heavy (non-hydrogen) atoms. The molecule has 0 saturated heterocycles. The molecule has 4 rings (SSSR count). The van der Waals surface area contributed by atoms with Crippen molar-refractivity contribution in [2.75, 3.05) is 0 Å². The van der Waals surface area contributed by atoms with Crippen molar-refractivity contribution in [2.45, 2.75) is 33.2 Å². The Balaban J connectivity index is 2.26. The van der Waals surface area contributed by atoms with Gasteiger partial charge < -0.3 is 0 Å². The molecule has 2 aromatic carbocycles. The van der Waals surface area contributed by atoms with E-state index in [0.29, 0.717) is 0 Å².